The number of methoxy groups -OCH3 is 2. The molecular formula is C18H18O8. The Morgan fingerprint density at radius 2 is 2.00 bits per heavy atom. The lowest BCUT2D eigenvalue weighted by Crippen LogP contribution is -2.14. The first-order valence-electron chi connectivity index (χ1n) is 7.84. The number of hydrogen-bond donors (Lipinski definition) is 1. The summed E-state index contributed by atoms with van der Waals surface area (Å²) in [6, 6.07) is 6.23. The van der Waals surface area contributed by atoms with Crippen LogP contribution in [-0.4, -0.2) is 32.1 Å². The van der Waals surface area contributed by atoms with Gasteiger partial charge in [0.05, 0.1) is 19.4 Å². The quantitative estimate of drug-likeness (QED) is 0.777. The van der Waals surface area contributed by atoms with Gasteiger partial charge in [0, 0.05) is 13.2 Å². The normalized spacial score (nSPS) is 13.5. The summed E-state index contributed by atoms with van der Waals surface area (Å²) in [4.78, 5) is 24.0. The first-order chi connectivity index (χ1) is 12.5. The maximum atomic E-state index is 12.1. The monoisotopic (exact) mass is 362 g/mol. The van der Waals surface area contributed by atoms with Crippen molar-refractivity contribution in [1.82, 2.24) is 0 Å². The lowest BCUT2D eigenvalue weighted by molar-refractivity contribution is -0.140. The summed E-state index contributed by atoms with van der Waals surface area (Å²) in [5, 5.41) is 10.2. The molecule has 2 heterocycles. The van der Waals surface area contributed by atoms with E-state index < -0.39 is 23.1 Å². The summed E-state index contributed by atoms with van der Waals surface area (Å²) in [6.45, 7) is 0.152. The van der Waals surface area contributed by atoms with E-state index in [-0.39, 0.29) is 31.3 Å². The molecule has 0 bridgehead atoms. The summed E-state index contributed by atoms with van der Waals surface area (Å²) in [5.74, 6) is -0.545. The van der Waals surface area contributed by atoms with Gasteiger partial charge in [0.15, 0.2) is 17.3 Å². The van der Waals surface area contributed by atoms with Crippen LogP contribution in [0.25, 0.3) is 0 Å². The van der Waals surface area contributed by atoms with Crippen LogP contribution in [0.4, 0.5) is 0 Å². The van der Waals surface area contributed by atoms with Crippen molar-refractivity contribution >= 4 is 5.97 Å². The van der Waals surface area contributed by atoms with E-state index in [0.29, 0.717) is 17.1 Å². The van der Waals surface area contributed by atoms with E-state index in [9.17, 15) is 14.7 Å². The highest BCUT2D eigenvalue weighted by Crippen LogP contribution is 2.39. The SMILES string of the molecule is COCc1cc(=O)c(O)c([C@H](CC(=O)OC)c2ccc3c(c2)OCO3)o1. The molecule has 26 heavy (non-hydrogen) atoms. The van der Waals surface area contributed by atoms with E-state index in [4.69, 9.17) is 23.4 Å². The van der Waals surface area contributed by atoms with Crippen LogP contribution < -0.4 is 14.9 Å². The van der Waals surface area contributed by atoms with E-state index in [1.165, 1.54) is 14.2 Å². The summed E-state index contributed by atoms with van der Waals surface area (Å²) in [7, 11) is 2.71. The van der Waals surface area contributed by atoms with Gasteiger partial charge in [-0.3, -0.25) is 9.59 Å². The van der Waals surface area contributed by atoms with E-state index in [0.717, 1.165) is 6.07 Å². The van der Waals surface area contributed by atoms with Crippen LogP contribution in [0.15, 0.2) is 33.5 Å². The first kappa shape index (κ1) is 17.8. The van der Waals surface area contributed by atoms with Gasteiger partial charge in [-0.25, -0.2) is 0 Å². The van der Waals surface area contributed by atoms with Crippen molar-refractivity contribution in [3.05, 3.63) is 51.6 Å². The highest BCUT2D eigenvalue weighted by atomic mass is 16.7. The molecule has 1 N–H and O–H groups in total. The molecule has 8 nitrogen and oxygen atoms in total. The zero-order valence-electron chi connectivity index (χ0n) is 14.3. The van der Waals surface area contributed by atoms with Crippen LogP contribution in [0.3, 0.4) is 0 Å². The molecule has 3 rings (SSSR count). The molecule has 0 saturated carbocycles. The third kappa shape index (κ3) is 3.50. The van der Waals surface area contributed by atoms with Gasteiger partial charge >= 0.3 is 5.97 Å². The highest BCUT2D eigenvalue weighted by molar-refractivity contribution is 5.71. The molecule has 0 amide bonds. The average Bonchev–Trinajstić information content (AvgIpc) is 3.10. The molecule has 0 aliphatic carbocycles. The Morgan fingerprint density at radius 3 is 2.73 bits per heavy atom. The lowest BCUT2D eigenvalue weighted by atomic mass is 9.92. The van der Waals surface area contributed by atoms with Crippen molar-refractivity contribution in [3.8, 4) is 17.2 Å². The number of rotatable bonds is 6. The Labute approximate surface area is 148 Å². The lowest BCUT2D eigenvalue weighted by Gasteiger charge is -2.17. The Kier molecular flexibility index (Phi) is 5.13. The molecule has 1 aromatic carbocycles. The van der Waals surface area contributed by atoms with E-state index in [1.807, 2.05) is 0 Å². The Balaban J connectivity index is 2.10. The molecule has 0 unspecified atom stereocenters. The number of aromatic hydroxyl groups is 1. The molecule has 0 radical (unpaired) electrons. The van der Waals surface area contributed by atoms with Gasteiger partial charge in [0.25, 0.3) is 0 Å². The minimum absolute atomic E-state index is 0.0335. The predicted octanol–water partition coefficient (Wildman–Crippen LogP) is 1.92. The standard InChI is InChI=1S/C18H18O8/c1-22-8-11-6-13(19)17(21)18(26-11)12(7-16(20)23-2)10-3-4-14-15(5-10)25-9-24-14/h3-6,12,21H,7-9H2,1-2H3/t12-/m1/s1. The molecule has 1 aromatic heterocycles. The third-order valence-electron chi connectivity index (χ3n) is 4.00. The van der Waals surface area contributed by atoms with Crippen LogP contribution >= 0.6 is 0 Å². The second kappa shape index (κ2) is 7.49. The molecule has 138 valence electrons. The molecule has 1 atom stereocenters. The van der Waals surface area contributed by atoms with Gasteiger partial charge in [0.2, 0.25) is 18.0 Å². The highest BCUT2D eigenvalue weighted by Gasteiger charge is 2.28. The number of ether oxygens (including phenoxy) is 4. The third-order valence-corrected chi connectivity index (χ3v) is 4.00. The second-order valence-corrected chi connectivity index (χ2v) is 5.67. The average molecular weight is 362 g/mol. The largest absolute Gasteiger partial charge is 0.502 e. The van der Waals surface area contributed by atoms with E-state index in [1.54, 1.807) is 18.2 Å². The minimum atomic E-state index is -0.749. The van der Waals surface area contributed by atoms with Crippen LogP contribution in [-0.2, 0) is 20.9 Å². The smallest absolute Gasteiger partial charge is 0.306 e. The molecule has 0 fully saturated rings. The van der Waals surface area contributed by atoms with Gasteiger partial charge in [-0.2, -0.15) is 0 Å². The number of hydrogen-bond acceptors (Lipinski definition) is 8. The molecule has 1 aliphatic rings. The Morgan fingerprint density at radius 1 is 1.23 bits per heavy atom. The van der Waals surface area contributed by atoms with Gasteiger partial charge < -0.3 is 28.5 Å². The molecule has 8 heteroatoms. The summed E-state index contributed by atoms with van der Waals surface area (Å²) >= 11 is 0. The summed E-state index contributed by atoms with van der Waals surface area (Å²) < 4.78 is 26.0. The van der Waals surface area contributed by atoms with Gasteiger partial charge in [0.1, 0.15) is 12.4 Å². The fourth-order valence-corrected chi connectivity index (χ4v) is 2.75. The van der Waals surface area contributed by atoms with Crippen molar-refractivity contribution in [2.75, 3.05) is 21.0 Å². The van der Waals surface area contributed by atoms with Crippen LogP contribution in [0.5, 0.6) is 17.2 Å². The van der Waals surface area contributed by atoms with Crippen LogP contribution in [0.2, 0.25) is 0 Å². The van der Waals surface area contributed by atoms with Gasteiger partial charge in [-0.15, -0.1) is 0 Å². The molecule has 2 aromatic rings. The van der Waals surface area contributed by atoms with Crippen molar-refractivity contribution in [2.45, 2.75) is 18.9 Å². The maximum Gasteiger partial charge on any atom is 0.306 e. The molecule has 1 aliphatic heterocycles. The second-order valence-electron chi connectivity index (χ2n) is 5.67. The number of esters is 1. The number of fused-ring (bicyclic) bond motifs is 1. The predicted molar refractivity (Wildman–Crippen MR) is 88.4 cm³/mol. The van der Waals surface area contributed by atoms with E-state index in [2.05, 4.69) is 0 Å². The molecule has 0 saturated heterocycles. The van der Waals surface area contributed by atoms with Crippen molar-refractivity contribution in [1.29, 1.82) is 0 Å². The number of carbonyl (C=O) groups is 1. The van der Waals surface area contributed by atoms with Crippen molar-refractivity contribution in [2.24, 2.45) is 0 Å². The van der Waals surface area contributed by atoms with Gasteiger partial charge in [-0.05, 0) is 17.7 Å². The zero-order chi connectivity index (χ0) is 18.7. The minimum Gasteiger partial charge on any atom is -0.502 e. The Hall–Kier alpha value is -3.00. The van der Waals surface area contributed by atoms with Crippen LogP contribution in [0, 0.1) is 0 Å². The topological polar surface area (TPSA) is 104 Å². The van der Waals surface area contributed by atoms with E-state index >= 15 is 0 Å². The molecular weight excluding hydrogens is 344 g/mol. The van der Waals surface area contributed by atoms with Crippen LogP contribution in [0.1, 0.15) is 29.4 Å². The Bertz CT molecular complexity index is 870. The zero-order valence-corrected chi connectivity index (χ0v) is 14.3. The number of carbonyl (C=O) groups excluding carboxylic acids is 1. The summed E-state index contributed by atoms with van der Waals surface area (Å²) in [5.41, 5.74) is -0.0124. The van der Waals surface area contributed by atoms with Crippen molar-refractivity contribution in [3.63, 3.8) is 0 Å². The number of benzene rings is 1. The fourth-order valence-electron chi connectivity index (χ4n) is 2.75. The van der Waals surface area contributed by atoms with Crippen molar-refractivity contribution < 1.29 is 33.3 Å². The fraction of sp³-hybridized carbons (Fsp3) is 0.333. The first-order valence-corrected chi connectivity index (χ1v) is 7.84. The van der Waals surface area contributed by atoms with Gasteiger partial charge in [-0.1, -0.05) is 6.07 Å². The summed E-state index contributed by atoms with van der Waals surface area (Å²) in [6.07, 6.45) is -0.136. The molecule has 0 spiro atoms. The maximum absolute atomic E-state index is 12.1.